The van der Waals surface area contributed by atoms with Gasteiger partial charge in [0.15, 0.2) is 17.3 Å². The average molecular weight is 530 g/mol. The van der Waals surface area contributed by atoms with E-state index in [4.69, 9.17) is 10.5 Å². The number of amides is 1. The number of nitrogens with zero attached hydrogens (tertiary/aromatic N) is 5. The van der Waals surface area contributed by atoms with Crippen molar-refractivity contribution >= 4 is 22.8 Å². The van der Waals surface area contributed by atoms with E-state index in [1.807, 2.05) is 0 Å². The lowest BCUT2D eigenvalue weighted by Gasteiger charge is -2.15. The molecule has 196 valence electrons. The molecule has 2 N–H and O–H groups in total. The Morgan fingerprint density at radius 1 is 1.08 bits per heavy atom. The van der Waals surface area contributed by atoms with Gasteiger partial charge in [0.05, 0.1) is 11.4 Å². The predicted octanol–water partition coefficient (Wildman–Crippen LogP) is 4.91. The highest BCUT2D eigenvalue weighted by Gasteiger charge is 2.31. The molecule has 38 heavy (non-hydrogen) atoms. The molecule has 0 spiro atoms. The quantitative estimate of drug-likeness (QED) is 0.224. The number of ether oxygens (including phenoxy) is 1. The van der Waals surface area contributed by atoms with Crippen molar-refractivity contribution in [3.05, 3.63) is 71.8 Å². The number of aromatic nitrogens is 4. The summed E-state index contributed by atoms with van der Waals surface area (Å²) in [5.41, 5.74) is 6.45. The van der Waals surface area contributed by atoms with Gasteiger partial charge in [-0.25, -0.2) is 27.8 Å². The summed E-state index contributed by atoms with van der Waals surface area (Å²) in [4.78, 5) is 22.2. The number of allylic oxidation sites excluding steroid dienone is 1. The largest absolute Gasteiger partial charge is 0.451 e. The number of nitrogens with two attached hydrogens (primary N) is 1. The summed E-state index contributed by atoms with van der Waals surface area (Å²) in [5.74, 6) is -9.66. The van der Waals surface area contributed by atoms with Crippen LogP contribution in [0.25, 0.3) is 22.3 Å². The molecule has 1 amide bonds. The first-order valence-electron chi connectivity index (χ1n) is 11.4. The van der Waals surface area contributed by atoms with E-state index < -0.39 is 40.6 Å². The molecule has 4 aromatic rings. The van der Waals surface area contributed by atoms with E-state index in [9.17, 15) is 22.4 Å². The van der Waals surface area contributed by atoms with E-state index in [-0.39, 0.29) is 40.5 Å². The van der Waals surface area contributed by atoms with Crippen LogP contribution in [0.2, 0.25) is 0 Å². The van der Waals surface area contributed by atoms with Gasteiger partial charge in [-0.2, -0.15) is 13.9 Å². The Balaban J connectivity index is 1.52. The van der Waals surface area contributed by atoms with Crippen LogP contribution in [-0.4, -0.2) is 43.6 Å². The fourth-order valence-corrected chi connectivity index (χ4v) is 4.34. The lowest BCUT2D eigenvalue weighted by molar-refractivity contribution is -0.125. The molecule has 3 heterocycles. The zero-order valence-corrected chi connectivity index (χ0v) is 19.8. The minimum atomic E-state index is -1.76. The van der Waals surface area contributed by atoms with Crippen LogP contribution in [0.5, 0.6) is 11.5 Å². The van der Waals surface area contributed by atoms with Gasteiger partial charge in [-0.1, -0.05) is 6.08 Å². The van der Waals surface area contributed by atoms with Crippen molar-refractivity contribution in [1.82, 2.24) is 24.6 Å². The van der Waals surface area contributed by atoms with E-state index in [0.717, 1.165) is 12.1 Å². The number of likely N-dealkylation sites (tertiary alicyclic amines) is 1. The van der Waals surface area contributed by atoms with E-state index in [1.165, 1.54) is 18.5 Å². The maximum atomic E-state index is 15.3. The Bertz CT molecular complexity index is 1580. The minimum absolute atomic E-state index is 0.0368. The Labute approximate surface area is 212 Å². The first-order chi connectivity index (χ1) is 18.2. The number of rotatable bonds is 5. The van der Waals surface area contributed by atoms with Gasteiger partial charge < -0.3 is 15.4 Å². The zero-order valence-electron chi connectivity index (χ0n) is 19.8. The van der Waals surface area contributed by atoms with Gasteiger partial charge in [0.25, 0.3) is 0 Å². The van der Waals surface area contributed by atoms with Gasteiger partial charge in [0.1, 0.15) is 29.4 Å². The zero-order chi connectivity index (χ0) is 27.1. The summed E-state index contributed by atoms with van der Waals surface area (Å²) in [6.45, 7) is 2.58. The second-order valence-corrected chi connectivity index (χ2v) is 8.52. The van der Waals surface area contributed by atoms with Crippen LogP contribution >= 0.6 is 0 Å². The van der Waals surface area contributed by atoms with Gasteiger partial charge >= 0.3 is 0 Å². The number of carbonyl (C=O) groups is 1. The van der Waals surface area contributed by atoms with E-state index in [2.05, 4.69) is 15.1 Å². The average Bonchev–Trinajstić information content (AvgIpc) is 3.52. The number of fused-ring (bicyclic) bond motifs is 1. The van der Waals surface area contributed by atoms with Gasteiger partial charge in [-0.05, 0) is 31.6 Å². The molecule has 8 nitrogen and oxygen atoms in total. The Morgan fingerprint density at radius 3 is 2.50 bits per heavy atom. The molecule has 1 atom stereocenters. The van der Waals surface area contributed by atoms with Crippen LogP contribution in [0.1, 0.15) is 19.4 Å². The molecule has 2 aromatic heterocycles. The highest BCUT2D eigenvalue weighted by atomic mass is 19.2. The maximum Gasteiger partial charge on any atom is 0.246 e. The molecular formula is C25H19F5N6O2. The maximum absolute atomic E-state index is 15.3. The normalized spacial score (nSPS) is 15.6. The van der Waals surface area contributed by atoms with Crippen molar-refractivity contribution in [3.8, 4) is 22.8 Å². The molecule has 1 saturated heterocycles. The summed E-state index contributed by atoms with van der Waals surface area (Å²) < 4.78 is 76.8. The van der Waals surface area contributed by atoms with E-state index in [1.54, 1.807) is 22.6 Å². The number of nitrogen functional groups attached to an aromatic ring is 1. The third-order valence-corrected chi connectivity index (χ3v) is 6.14. The lowest BCUT2D eigenvalue weighted by atomic mass is 10.1. The Hall–Kier alpha value is -4.55. The SMILES string of the molecule is C/C=C/C(=O)N1CCC(n2nc(-c3ccc(Oc4c(F)c(F)cc(F)c4F)cc3F)c3c(N)ncnc32)C1. The summed E-state index contributed by atoms with van der Waals surface area (Å²) in [5, 5.41) is 4.81. The lowest BCUT2D eigenvalue weighted by Crippen LogP contribution is -2.27. The number of hydrogen-bond acceptors (Lipinski definition) is 6. The predicted molar refractivity (Wildman–Crippen MR) is 127 cm³/mol. The fourth-order valence-electron chi connectivity index (χ4n) is 4.34. The number of anilines is 1. The Kier molecular flexibility index (Phi) is 6.43. The number of carbonyl (C=O) groups excluding carboxylic acids is 1. The van der Waals surface area contributed by atoms with Gasteiger partial charge in [-0.15, -0.1) is 0 Å². The molecule has 1 aliphatic heterocycles. The van der Waals surface area contributed by atoms with E-state index in [0.29, 0.717) is 25.2 Å². The standard InChI is InChI=1S/C25H19F5N6O2/c1-2-3-18(37)35-7-6-12(10-35)36-25-19(24(31)32-11-33-25)22(34-36)14-5-4-13(8-15(14)26)38-23-20(29)16(27)9-17(28)21(23)30/h2-5,8-9,11-12H,6-7,10H2,1H3,(H2,31,32,33)/b3-2+. The smallest absolute Gasteiger partial charge is 0.246 e. The van der Waals surface area contributed by atoms with Crippen LogP contribution in [0.4, 0.5) is 27.8 Å². The first kappa shape index (κ1) is 25.1. The number of hydrogen-bond donors (Lipinski definition) is 1. The number of halogens is 5. The molecule has 5 rings (SSSR count). The number of benzene rings is 2. The summed E-state index contributed by atoms with van der Waals surface area (Å²) in [7, 11) is 0. The van der Waals surface area contributed by atoms with Gasteiger partial charge in [-0.3, -0.25) is 4.79 Å². The highest BCUT2D eigenvalue weighted by molar-refractivity contribution is 5.98. The van der Waals surface area contributed by atoms with Crippen LogP contribution < -0.4 is 10.5 Å². The van der Waals surface area contributed by atoms with Crippen LogP contribution in [0, 0.1) is 29.1 Å². The molecule has 1 aliphatic rings. The summed E-state index contributed by atoms with van der Waals surface area (Å²) in [6, 6.07) is 2.92. The summed E-state index contributed by atoms with van der Waals surface area (Å²) in [6.07, 6.45) is 4.92. The molecule has 0 radical (unpaired) electrons. The van der Waals surface area contributed by atoms with Crippen molar-refractivity contribution in [3.63, 3.8) is 0 Å². The van der Waals surface area contributed by atoms with Crippen molar-refractivity contribution in [2.75, 3.05) is 18.8 Å². The molecule has 0 aliphatic carbocycles. The van der Waals surface area contributed by atoms with Crippen LogP contribution in [0.15, 0.2) is 42.7 Å². The second-order valence-electron chi connectivity index (χ2n) is 8.52. The monoisotopic (exact) mass is 530 g/mol. The molecular weight excluding hydrogens is 511 g/mol. The van der Waals surface area contributed by atoms with Gasteiger partial charge in [0, 0.05) is 30.8 Å². The topological polar surface area (TPSA) is 99.2 Å². The Morgan fingerprint density at radius 2 is 1.82 bits per heavy atom. The van der Waals surface area contributed by atoms with Crippen molar-refractivity contribution in [2.45, 2.75) is 19.4 Å². The third-order valence-electron chi connectivity index (χ3n) is 6.14. The fraction of sp³-hybridized carbons (Fsp3) is 0.200. The summed E-state index contributed by atoms with van der Waals surface area (Å²) >= 11 is 0. The second kappa shape index (κ2) is 9.72. The van der Waals surface area contributed by atoms with Crippen LogP contribution in [-0.2, 0) is 4.79 Å². The molecule has 1 fully saturated rings. The first-order valence-corrected chi connectivity index (χ1v) is 11.4. The van der Waals surface area contributed by atoms with Crippen molar-refractivity contribution in [2.24, 2.45) is 0 Å². The molecule has 1 unspecified atom stereocenters. The van der Waals surface area contributed by atoms with Crippen molar-refractivity contribution < 1.29 is 31.5 Å². The highest BCUT2D eigenvalue weighted by Crippen LogP contribution is 2.37. The van der Waals surface area contributed by atoms with E-state index >= 15 is 4.39 Å². The molecule has 0 bridgehead atoms. The minimum Gasteiger partial charge on any atom is -0.451 e. The van der Waals surface area contributed by atoms with Gasteiger partial charge in [0.2, 0.25) is 23.3 Å². The van der Waals surface area contributed by atoms with Crippen LogP contribution in [0.3, 0.4) is 0 Å². The third kappa shape index (κ3) is 4.29. The molecule has 2 aromatic carbocycles. The van der Waals surface area contributed by atoms with Crippen molar-refractivity contribution in [1.29, 1.82) is 0 Å². The molecule has 0 saturated carbocycles. The molecule has 13 heteroatoms.